The first-order chi connectivity index (χ1) is 19.5. The molecular weight excluding hydrogens is 508 g/mol. The Hall–Kier alpha value is -2.23. The van der Waals surface area contributed by atoms with E-state index in [1.54, 1.807) is 0 Å². The molecule has 1 aromatic carbocycles. The van der Waals surface area contributed by atoms with Gasteiger partial charge in [0, 0.05) is 30.1 Å². The zero-order valence-corrected chi connectivity index (χ0v) is 25.3. The summed E-state index contributed by atoms with van der Waals surface area (Å²) >= 11 is 0. The van der Waals surface area contributed by atoms with E-state index in [2.05, 4.69) is 26.8 Å². The molecule has 4 heteroatoms. The van der Waals surface area contributed by atoms with E-state index in [9.17, 15) is 19.5 Å². The number of hydrogen-bond acceptors (Lipinski definition) is 4. The summed E-state index contributed by atoms with van der Waals surface area (Å²) in [4.78, 5) is 36.4. The highest BCUT2D eigenvalue weighted by Gasteiger charge is 2.59. The average molecular weight is 557 g/mol. The highest BCUT2D eigenvalue weighted by atomic mass is 16.3. The summed E-state index contributed by atoms with van der Waals surface area (Å²) in [5.41, 5.74) is 4.38. The minimum Gasteiger partial charge on any atom is -0.508 e. The van der Waals surface area contributed by atoms with Crippen LogP contribution in [0.4, 0.5) is 0 Å². The second-order valence-corrected chi connectivity index (χ2v) is 15.6. The molecule has 5 fully saturated rings. The SMILES string of the molecule is C[C@]12CCC(=O)C=C1CC[C@@H]1[C@@H]2CC[C@]2(C)C(=O)CC[C@@H]12.C[C@]12CC[C@@H]3c4ccc(O)cc4CC[C@H]3[C@@H]1CCC2=O. The van der Waals surface area contributed by atoms with E-state index >= 15 is 0 Å². The van der Waals surface area contributed by atoms with E-state index in [-0.39, 0.29) is 16.2 Å². The highest BCUT2D eigenvalue weighted by Crippen LogP contribution is 2.64. The van der Waals surface area contributed by atoms with Crippen molar-refractivity contribution in [3.63, 3.8) is 0 Å². The molecular formula is C37H48O4. The third kappa shape index (κ3) is 4.08. The summed E-state index contributed by atoms with van der Waals surface area (Å²) in [6, 6.07) is 5.90. The number of phenolic OH excluding ortho intramolecular Hbond substituents is 1. The lowest BCUT2D eigenvalue weighted by molar-refractivity contribution is -0.132. The molecule has 0 aliphatic heterocycles. The quantitative estimate of drug-likeness (QED) is 0.352. The van der Waals surface area contributed by atoms with Crippen molar-refractivity contribution in [1.29, 1.82) is 0 Å². The topological polar surface area (TPSA) is 71.4 Å². The van der Waals surface area contributed by atoms with Crippen molar-refractivity contribution in [1.82, 2.24) is 0 Å². The van der Waals surface area contributed by atoms with Crippen molar-refractivity contribution in [2.24, 2.45) is 45.8 Å². The Bertz CT molecular complexity index is 1320. The van der Waals surface area contributed by atoms with E-state index < -0.39 is 0 Å². The Kier molecular flexibility index (Phi) is 6.49. The molecule has 0 radical (unpaired) electrons. The van der Waals surface area contributed by atoms with Crippen LogP contribution in [-0.2, 0) is 20.8 Å². The molecule has 0 spiro atoms. The maximum Gasteiger partial charge on any atom is 0.155 e. The Morgan fingerprint density at radius 3 is 2.02 bits per heavy atom. The summed E-state index contributed by atoms with van der Waals surface area (Å²) in [5, 5.41) is 9.67. The molecule has 1 N–H and O–H groups in total. The van der Waals surface area contributed by atoms with Crippen molar-refractivity contribution in [3.8, 4) is 5.75 Å². The number of ketones is 3. The van der Waals surface area contributed by atoms with Gasteiger partial charge in [-0.25, -0.2) is 0 Å². The first-order valence-electron chi connectivity index (χ1n) is 16.7. The van der Waals surface area contributed by atoms with Gasteiger partial charge in [-0.1, -0.05) is 32.4 Å². The molecule has 4 nitrogen and oxygen atoms in total. The maximum absolute atomic E-state index is 12.4. The number of benzene rings is 1. The molecule has 0 amide bonds. The number of phenols is 1. The van der Waals surface area contributed by atoms with Crippen LogP contribution in [0.15, 0.2) is 29.8 Å². The van der Waals surface area contributed by atoms with Crippen LogP contribution in [-0.4, -0.2) is 22.5 Å². The van der Waals surface area contributed by atoms with Crippen LogP contribution in [0.5, 0.6) is 5.75 Å². The molecule has 0 aromatic heterocycles. The van der Waals surface area contributed by atoms with E-state index in [0.717, 1.165) is 70.6 Å². The normalized spacial score (nSPS) is 44.3. The van der Waals surface area contributed by atoms with Crippen molar-refractivity contribution in [2.75, 3.05) is 0 Å². The Balaban J connectivity index is 0.000000135. The van der Waals surface area contributed by atoms with E-state index in [4.69, 9.17) is 0 Å². The van der Waals surface area contributed by atoms with Gasteiger partial charge in [-0.3, -0.25) is 14.4 Å². The van der Waals surface area contributed by atoms with Crippen molar-refractivity contribution < 1.29 is 19.5 Å². The zero-order valence-electron chi connectivity index (χ0n) is 25.3. The predicted molar refractivity (Wildman–Crippen MR) is 159 cm³/mol. The summed E-state index contributed by atoms with van der Waals surface area (Å²) in [6.07, 6.45) is 16.5. The van der Waals surface area contributed by atoms with Crippen molar-refractivity contribution in [3.05, 3.63) is 41.0 Å². The molecule has 7 aliphatic carbocycles. The number of aryl methyl sites for hydroxylation is 1. The molecule has 1 aromatic rings. The van der Waals surface area contributed by atoms with Crippen LogP contribution in [0.25, 0.3) is 0 Å². The molecule has 0 bridgehead atoms. The second-order valence-electron chi connectivity index (χ2n) is 15.6. The van der Waals surface area contributed by atoms with Gasteiger partial charge in [-0.15, -0.1) is 0 Å². The molecule has 0 heterocycles. The third-order valence-electron chi connectivity index (χ3n) is 14.1. The number of fused-ring (bicyclic) bond motifs is 10. The van der Waals surface area contributed by atoms with Gasteiger partial charge in [0.25, 0.3) is 0 Å². The lowest BCUT2D eigenvalue weighted by Crippen LogP contribution is -2.50. The fraction of sp³-hybridized carbons (Fsp3) is 0.703. The monoisotopic (exact) mass is 556 g/mol. The van der Waals surface area contributed by atoms with Crippen LogP contribution in [0.3, 0.4) is 0 Å². The largest absolute Gasteiger partial charge is 0.508 e. The van der Waals surface area contributed by atoms with E-state index in [0.29, 0.717) is 58.6 Å². The lowest BCUT2D eigenvalue weighted by atomic mass is 9.47. The van der Waals surface area contributed by atoms with E-state index in [1.807, 2.05) is 18.2 Å². The van der Waals surface area contributed by atoms with Gasteiger partial charge in [0.2, 0.25) is 0 Å². The zero-order chi connectivity index (χ0) is 28.7. The average Bonchev–Trinajstić information content (AvgIpc) is 3.43. The molecule has 0 saturated heterocycles. The van der Waals surface area contributed by atoms with Crippen molar-refractivity contribution >= 4 is 17.3 Å². The highest BCUT2D eigenvalue weighted by molar-refractivity contribution is 5.92. The molecule has 8 rings (SSSR count). The second kappa shape index (κ2) is 9.64. The lowest BCUT2D eigenvalue weighted by Gasteiger charge is -2.56. The van der Waals surface area contributed by atoms with Crippen molar-refractivity contribution in [2.45, 2.75) is 117 Å². The van der Waals surface area contributed by atoms with Gasteiger partial charge < -0.3 is 5.11 Å². The number of allylic oxidation sites excluding steroid dienone is 1. The number of rotatable bonds is 0. The minimum absolute atomic E-state index is 0.0246. The number of carbonyl (C=O) groups is 3. The number of Topliss-reactive ketones (excluding diaryl/α,β-unsaturated/α-hetero) is 2. The van der Waals surface area contributed by atoms with Crippen LogP contribution >= 0.6 is 0 Å². The maximum atomic E-state index is 12.4. The summed E-state index contributed by atoms with van der Waals surface area (Å²) in [5.74, 6) is 5.67. The standard InChI is InChI=1S/C19H26O2.C18H22O2/c1-18-9-7-13(20)11-12(18)3-4-14-15-5-6-17(21)19(15,2)10-8-16(14)18;1-18-9-8-14-13-5-3-12(19)10-11(13)2-4-15(14)16(18)6-7-17(18)20/h11,14-16H,3-10H2,1-2H3;3,5,10,14-16,19H,2,4,6-9H2,1H3/t14-,15-,16-,18-,19-;14-,15-,16+,18+/m01/s1. The van der Waals surface area contributed by atoms with Gasteiger partial charge >= 0.3 is 0 Å². The first-order valence-corrected chi connectivity index (χ1v) is 16.7. The molecule has 0 unspecified atom stereocenters. The molecule has 41 heavy (non-hydrogen) atoms. The number of carbonyl (C=O) groups excluding carboxylic acids is 3. The number of aromatic hydroxyl groups is 1. The molecule has 220 valence electrons. The van der Waals surface area contributed by atoms with Crippen LogP contribution in [0.2, 0.25) is 0 Å². The van der Waals surface area contributed by atoms with Gasteiger partial charge in [-0.2, -0.15) is 0 Å². The summed E-state index contributed by atoms with van der Waals surface area (Å²) < 4.78 is 0. The molecule has 7 aliphatic rings. The van der Waals surface area contributed by atoms with Gasteiger partial charge in [-0.05, 0) is 141 Å². The summed E-state index contributed by atoms with van der Waals surface area (Å²) in [6.45, 7) is 6.86. The van der Waals surface area contributed by atoms with Crippen LogP contribution in [0.1, 0.15) is 121 Å². The van der Waals surface area contributed by atoms with Crippen LogP contribution in [0, 0.1) is 45.8 Å². The minimum atomic E-state index is -0.0322. The smallest absolute Gasteiger partial charge is 0.155 e. The fourth-order valence-electron chi connectivity index (χ4n) is 11.7. The Labute approximate surface area is 245 Å². The van der Waals surface area contributed by atoms with Crippen LogP contribution < -0.4 is 0 Å². The van der Waals surface area contributed by atoms with Gasteiger partial charge in [0.05, 0.1) is 0 Å². The molecule has 5 saturated carbocycles. The van der Waals surface area contributed by atoms with Gasteiger partial charge in [0.1, 0.15) is 17.3 Å². The predicted octanol–water partition coefficient (Wildman–Crippen LogP) is 7.90. The fourth-order valence-corrected chi connectivity index (χ4v) is 11.7. The first kappa shape index (κ1) is 27.6. The number of hydrogen-bond donors (Lipinski definition) is 1. The molecule has 9 atom stereocenters. The third-order valence-corrected chi connectivity index (χ3v) is 14.1. The Morgan fingerprint density at radius 1 is 0.659 bits per heavy atom. The summed E-state index contributed by atoms with van der Waals surface area (Å²) in [7, 11) is 0. The Morgan fingerprint density at radius 2 is 1.29 bits per heavy atom. The van der Waals surface area contributed by atoms with Gasteiger partial charge in [0.15, 0.2) is 5.78 Å². The van der Waals surface area contributed by atoms with E-state index in [1.165, 1.54) is 36.0 Å².